The quantitative estimate of drug-likeness (QED) is 0.792. The van der Waals surface area contributed by atoms with E-state index in [1.807, 2.05) is 68.6 Å². The van der Waals surface area contributed by atoms with Gasteiger partial charge in [0.25, 0.3) is 5.91 Å². The van der Waals surface area contributed by atoms with Gasteiger partial charge in [-0.2, -0.15) is 0 Å². The molecule has 1 N–H and O–H groups in total. The monoisotopic (exact) mass is 307 g/mol. The van der Waals surface area contributed by atoms with Crippen LogP contribution in [0.15, 0.2) is 36.5 Å². The summed E-state index contributed by atoms with van der Waals surface area (Å²) in [5.74, 6) is -0.117. The van der Waals surface area contributed by atoms with Crippen molar-refractivity contribution in [1.82, 2.24) is 9.38 Å². The van der Waals surface area contributed by atoms with Gasteiger partial charge < -0.3 is 5.32 Å². The fourth-order valence-corrected chi connectivity index (χ4v) is 2.74. The van der Waals surface area contributed by atoms with Gasteiger partial charge in [-0.05, 0) is 56.0 Å². The smallest absolute Gasteiger partial charge is 0.274 e. The first kappa shape index (κ1) is 15.3. The summed E-state index contributed by atoms with van der Waals surface area (Å²) in [7, 11) is 0. The number of nitrogens with one attached hydrogen (secondary N) is 1. The van der Waals surface area contributed by atoms with Gasteiger partial charge in [0.15, 0.2) is 0 Å². The summed E-state index contributed by atoms with van der Waals surface area (Å²) in [6, 6.07) is 10.0. The average molecular weight is 307 g/mol. The third kappa shape index (κ3) is 2.84. The highest BCUT2D eigenvalue weighted by atomic mass is 16.2. The second-order valence-electron chi connectivity index (χ2n) is 5.97. The van der Waals surface area contributed by atoms with Crippen LogP contribution < -0.4 is 5.32 Å². The number of amides is 1. The number of carbonyl (C=O) groups excluding carboxylic acids is 1. The zero-order valence-electron chi connectivity index (χ0n) is 14.0. The molecule has 0 fully saturated rings. The maximum atomic E-state index is 12.9. The van der Waals surface area contributed by atoms with E-state index in [9.17, 15) is 4.79 Å². The molecule has 0 unspecified atom stereocenters. The minimum Gasteiger partial charge on any atom is -0.320 e. The van der Waals surface area contributed by atoms with Gasteiger partial charge in [-0.15, -0.1) is 0 Å². The maximum Gasteiger partial charge on any atom is 0.274 e. The largest absolute Gasteiger partial charge is 0.320 e. The molecule has 0 saturated carbocycles. The molecule has 23 heavy (non-hydrogen) atoms. The van der Waals surface area contributed by atoms with E-state index in [0.29, 0.717) is 5.69 Å². The van der Waals surface area contributed by atoms with Crippen LogP contribution >= 0.6 is 0 Å². The van der Waals surface area contributed by atoms with Gasteiger partial charge in [0, 0.05) is 11.9 Å². The number of imidazole rings is 1. The van der Waals surface area contributed by atoms with Gasteiger partial charge in [-0.25, -0.2) is 4.98 Å². The van der Waals surface area contributed by atoms with Gasteiger partial charge in [-0.3, -0.25) is 9.20 Å². The zero-order valence-corrected chi connectivity index (χ0v) is 14.0. The molecule has 2 aromatic heterocycles. The van der Waals surface area contributed by atoms with Crippen molar-refractivity contribution in [2.24, 2.45) is 0 Å². The van der Waals surface area contributed by atoms with Gasteiger partial charge in [-0.1, -0.05) is 25.1 Å². The maximum absolute atomic E-state index is 12.9. The lowest BCUT2D eigenvalue weighted by atomic mass is 10.1. The van der Waals surface area contributed by atoms with Crippen LogP contribution in [0, 0.1) is 20.8 Å². The minimum atomic E-state index is -0.117. The molecule has 1 aromatic carbocycles. The first-order chi connectivity index (χ1) is 11.0. The Labute approximate surface area is 136 Å². The number of fused-ring (bicyclic) bond motifs is 1. The number of rotatable bonds is 3. The second-order valence-corrected chi connectivity index (χ2v) is 5.97. The third-order valence-corrected chi connectivity index (χ3v) is 4.03. The van der Waals surface area contributed by atoms with E-state index in [2.05, 4.69) is 10.3 Å². The van der Waals surface area contributed by atoms with Gasteiger partial charge in [0.2, 0.25) is 0 Å². The summed E-state index contributed by atoms with van der Waals surface area (Å²) < 4.78 is 1.88. The van der Waals surface area contributed by atoms with Crippen LogP contribution in [0.4, 0.5) is 5.69 Å². The summed E-state index contributed by atoms with van der Waals surface area (Å²) in [5.41, 5.74) is 6.35. The standard InChI is InChI=1S/C19H21N3O/c1-5-15-18(22-11-13(3)7-9-17(22)20-15)19(23)21-16-10-12(2)6-8-14(16)4/h6-11H,5H2,1-4H3,(H,21,23). The van der Waals surface area contributed by atoms with E-state index in [1.54, 1.807) is 0 Å². The topological polar surface area (TPSA) is 46.4 Å². The number of carbonyl (C=O) groups is 1. The lowest BCUT2D eigenvalue weighted by Crippen LogP contribution is -2.17. The summed E-state index contributed by atoms with van der Waals surface area (Å²) in [5, 5.41) is 3.04. The SMILES string of the molecule is CCc1nc2ccc(C)cn2c1C(=O)Nc1cc(C)ccc1C. The Kier molecular flexibility index (Phi) is 3.90. The van der Waals surface area contributed by atoms with Crippen LogP contribution in [0.3, 0.4) is 0 Å². The lowest BCUT2D eigenvalue weighted by molar-refractivity contribution is 0.102. The fraction of sp³-hybridized carbons (Fsp3) is 0.263. The summed E-state index contributed by atoms with van der Waals surface area (Å²) in [6.07, 6.45) is 2.68. The molecule has 2 heterocycles. The highest BCUT2D eigenvalue weighted by Crippen LogP contribution is 2.20. The van der Waals surface area contributed by atoms with E-state index >= 15 is 0 Å². The van der Waals surface area contributed by atoms with Crippen molar-refractivity contribution in [1.29, 1.82) is 0 Å². The minimum absolute atomic E-state index is 0.117. The van der Waals surface area contributed by atoms with Crippen LogP contribution in [-0.4, -0.2) is 15.3 Å². The molecule has 0 aliphatic heterocycles. The van der Waals surface area contributed by atoms with Crippen molar-refractivity contribution in [3.05, 3.63) is 64.6 Å². The van der Waals surface area contributed by atoms with Crippen molar-refractivity contribution < 1.29 is 4.79 Å². The van der Waals surface area contributed by atoms with Crippen molar-refractivity contribution in [2.75, 3.05) is 5.32 Å². The third-order valence-electron chi connectivity index (χ3n) is 4.03. The Balaban J connectivity index is 2.06. The number of pyridine rings is 1. The van der Waals surface area contributed by atoms with Crippen LogP contribution in [0.5, 0.6) is 0 Å². The number of benzene rings is 1. The fourth-order valence-electron chi connectivity index (χ4n) is 2.74. The highest BCUT2D eigenvalue weighted by molar-refractivity contribution is 6.05. The lowest BCUT2D eigenvalue weighted by Gasteiger charge is -2.10. The predicted octanol–water partition coefficient (Wildman–Crippen LogP) is 4.07. The molecular formula is C19H21N3O. The molecule has 4 heteroatoms. The van der Waals surface area contributed by atoms with Crippen molar-refractivity contribution in [3.63, 3.8) is 0 Å². The zero-order chi connectivity index (χ0) is 16.6. The van der Waals surface area contributed by atoms with E-state index in [-0.39, 0.29) is 5.91 Å². The number of hydrogen-bond donors (Lipinski definition) is 1. The van der Waals surface area contributed by atoms with Gasteiger partial charge in [0.05, 0.1) is 5.69 Å². The molecule has 0 aliphatic carbocycles. The van der Waals surface area contributed by atoms with Crippen LogP contribution in [-0.2, 0) is 6.42 Å². The van der Waals surface area contributed by atoms with Crippen molar-refractivity contribution in [3.8, 4) is 0 Å². The normalized spacial score (nSPS) is 11.0. The highest BCUT2D eigenvalue weighted by Gasteiger charge is 2.19. The summed E-state index contributed by atoms with van der Waals surface area (Å²) in [4.78, 5) is 17.4. The molecule has 0 bridgehead atoms. The van der Waals surface area contributed by atoms with E-state index in [1.165, 1.54) is 0 Å². The van der Waals surface area contributed by atoms with Crippen molar-refractivity contribution in [2.45, 2.75) is 34.1 Å². The van der Waals surface area contributed by atoms with Crippen LogP contribution in [0.25, 0.3) is 5.65 Å². The van der Waals surface area contributed by atoms with E-state index in [4.69, 9.17) is 0 Å². The summed E-state index contributed by atoms with van der Waals surface area (Å²) in [6.45, 7) is 8.04. The van der Waals surface area contributed by atoms with Gasteiger partial charge >= 0.3 is 0 Å². The number of anilines is 1. The van der Waals surface area contributed by atoms with Crippen LogP contribution in [0.2, 0.25) is 0 Å². The Bertz CT molecular complexity index is 893. The van der Waals surface area contributed by atoms with E-state index in [0.717, 1.165) is 40.1 Å². The van der Waals surface area contributed by atoms with Crippen molar-refractivity contribution >= 4 is 17.2 Å². The first-order valence-corrected chi connectivity index (χ1v) is 7.85. The molecule has 0 saturated heterocycles. The molecular weight excluding hydrogens is 286 g/mol. The Morgan fingerprint density at radius 3 is 2.61 bits per heavy atom. The molecule has 0 aliphatic rings. The molecule has 4 nitrogen and oxygen atoms in total. The van der Waals surface area contributed by atoms with E-state index < -0.39 is 0 Å². The second kappa shape index (κ2) is 5.88. The molecule has 1 amide bonds. The van der Waals surface area contributed by atoms with Gasteiger partial charge in [0.1, 0.15) is 11.3 Å². The molecule has 0 spiro atoms. The Morgan fingerprint density at radius 2 is 1.87 bits per heavy atom. The molecule has 0 radical (unpaired) electrons. The Hall–Kier alpha value is -2.62. The molecule has 3 rings (SSSR count). The molecule has 118 valence electrons. The van der Waals surface area contributed by atoms with Crippen LogP contribution in [0.1, 0.15) is 39.8 Å². The number of aromatic nitrogens is 2. The number of hydrogen-bond acceptors (Lipinski definition) is 2. The molecule has 3 aromatic rings. The average Bonchev–Trinajstić information content (AvgIpc) is 2.88. The number of nitrogens with zero attached hydrogens (tertiary/aromatic N) is 2. The Morgan fingerprint density at radius 1 is 1.13 bits per heavy atom. The predicted molar refractivity (Wildman–Crippen MR) is 93.2 cm³/mol. The molecule has 0 atom stereocenters. The number of aryl methyl sites for hydroxylation is 4. The summed E-state index contributed by atoms with van der Waals surface area (Å²) >= 11 is 0. The first-order valence-electron chi connectivity index (χ1n) is 7.85.